The van der Waals surface area contributed by atoms with Crippen LogP contribution in [0.5, 0.6) is 0 Å². The fourth-order valence-corrected chi connectivity index (χ4v) is 2.28. The molecule has 3 nitrogen and oxygen atoms in total. The minimum Gasteiger partial charge on any atom is -0.341 e. The molecule has 1 aromatic heterocycles. The molecule has 2 heterocycles. The van der Waals surface area contributed by atoms with Crippen LogP contribution in [0.1, 0.15) is 32.6 Å². The maximum atomic E-state index is 4.29. The van der Waals surface area contributed by atoms with Crippen molar-refractivity contribution in [2.24, 2.45) is 5.92 Å². The SMILES string of the molecule is CCCC1CCN(c2ncccn2)CC1. The zero-order chi connectivity index (χ0) is 10.5. The highest BCUT2D eigenvalue weighted by Gasteiger charge is 2.19. The van der Waals surface area contributed by atoms with Crippen molar-refractivity contribution in [2.45, 2.75) is 32.6 Å². The number of aromatic nitrogens is 2. The fourth-order valence-electron chi connectivity index (χ4n) is 2.28. The minimum atomic E-state index is 0.896. The fraction of sp³-hybridized carbons (Fsp3) is 0.667. The second-order valence-electron chi connectivity index (χ2n) is 4.27. The molecule has 1 aromatic rings. The van der Waals surface area contributed by atoms with E-state index >= 15 is 0 Å². The molecular formula is C12H19N3. The number of hydrogen-bond acceptors (Lipinski definition) is 3. The smallest absolute Gasteiger partial charge is 0.225 e. The van der Waals surface area contributed by atoms with Crippen molar-refractivity contribution < 1.29 is 0 Å². The highest BCUT2D eigenvalue weighted by Crippen LogP contribution is 2.23. The maximum Gasteiger partial charge on any atom is 0.225 e. The van der Waals surface area contributed by atoms with Crippen LogP contribution in [0.2, 0.25) is 0 Å². The summed E-state index contributed by atoms with van der Waals surface area (Å²) in [7, 11) is 0. The minimum absolute atomic E-state index is 0.896. The molecule has 0 amide bonds. The van der Waals surface area contributed by atoms with Crippen molar-refractivity contribution in [3.63, 3.8) is 0 Å². The zero-order valence-corrected chi connectivity index (χ0v) is 9.39. The topological polar surface area (TPSA) is 29.0 Å². The first-order valence-corrected chi connectivity index (χ1v) is 5.92. The summed E-state index contributed by atoms with van der Waals surface area (Å²) < 4.78 is 0. The summed E-state index contributed by atoms with van der Waals surface area (Å²) in [4.78, 5) is 10.9. The number of nitrogens with zero attached hydrogens (tertiary/aromatic N) is 3. The van der Waals surface area contributed by atoms with E-state index in [9.17, 15) is 0 Å². The van der Waals surface area contributed by atoms with Crippen LogP contribution in [-0.2, 0) is 0 Å². The summed E-state index contributed by atoms with van der Waals surface area (Å²) in [5, 5.41) is 0. The van der Waals surface area contributed by atoms with E-state index in [1.165, 1.54) is 25.7 Å². The molecule has 15 heavy (non-hydrogen) atoms. The van der Waals surface area contributed by atoms with Gasteiger partial charge in [0, 0.05) is 25.5 Å². The van der Waals surface area contributed by atoms with E-state index in [4.69, 9.17) is 0 Å². The summed E-state index contributed by atoms with van der Waals surface area (Å²) in [6.07, 6.45) is 8.93. The van der Waals surface area contributed by atoms with Gasteiger partial charge in [0.05, 0.1) is 0 Å². The Labute approximate surface area is 91.5 Å². The van der Waals surface area contributed by atoms with Gasteiger partial charge in [0.2, 0.25) is 5.95 Å². The van der Waals surface area contributed by atoms with E-state index in [0.29, 0.717) is 0 Å². The largest absolute Gasteiger partial charge is 0.341 e. The molecule has 0 N–H and O–H groups in total. The lowest BCUT2D eigenvalue weighted by atomic mass is 9.93. The second-order valence-corrected chi connectivity index (χ2v) is 4.27. The van der Waals surface area contributed by atoms with Crippen LogP contribution < -0.4 is 4.90 Å². The predicted molar refractivity (Wildman–Crippen MR) is 61.9 cm³/mol. The van der Waals surface area contributed by atoms with E-state index in [2.05, 4.69) is 21.8 Å². The Kier molecular flexibility index (Phi) is 3.54. The van der Waals surface area contributed by atoms with Gasteiger partial charge in [-0.25, -0.2) is 9.97 Å². The Morgan fingerprint density at radius 1 is 1.27 bits per heavy atom. The Morgan fingerprint density at radius 2 is 1.93 bits per heavy atom. The Balaban J connectivity index is 1.88. The van der Waals surface area contributed by atoms with Crippen LogP contribution in [0.25, 0.3) is 0 Å². The summed E-state index contributed by atoms with van der Waals surface area (Å²) in [6.45, 7) is 4.51. The molecular weight excluding hydrogens is 186 g/mol. The molecule has 0 aliphatic carbocycles. The molecule has 1 saturated heterocycles. The third-order valence-corrected chi connectivity index (χ3v) is 3.15. The summed E-state index contributed by atoms with van der Waals surface area (Å²) >= 11 is 0. The van der Waals surface area contributed by atoms with Gasteiger partial charge in [-0.2, -0.15) is 0 Å². The van der Waals surface area contributed by atoms with E-state index in [-0.39, 0.29) is 0 Å². The predicted octanol–water partition coefficient (Wildman–Crippen LogP) is 2.49. The lowest BCUT2D eigenvalue weighted by Gasteiger charge is -2.31. The van der Waals surface area contributed by atoms with Crippen molar-refractivity contribution in [1.29, 1.82) is 0 Å². The Bertz CT molecular complexity index is 278. The van der Waals surface area contributed by atoms with Gasteiger partial charge in [-0.15, -0.1) is 0 Å². The molecule has 0 aromatic carbocycles. The summed E-state index contributed by atoms with van der Waals surface area (Å²) in [5.41, 5.74) is 0. The quantitative estimate of drug-likeness (QED) is 0.759. The normalized spacial score (nSPS) is 18.1. The van der Waals surface area contributed by atoms with Crippen LogP contribution in [0, 0.1) is 5.92 Å². The third-order valence-electron chi connectivity index (χ3n) is 3.15. The molecule has 0 radical (unpaired) electrons. The van der Waals surface area contributed by atoms with Crippen molar-refractivity contribution in [1.82, 2.24) is 9.97 Å². The first-order valence-electron chi connectivity index (χ1n) is 5.92. The number of anilines is 1. The lowest BCUT2D eigenvalue weighted by Crippen LogP contribution is -2.34. The van der Waals surface area contributed by atoms with E-state index in [1.54, 1.807) is 0 Å². The maximum absolute atomic E-state index is 4.29. The molecule has 0 atom stereocenters. The average Bonchev–Trinajstić information content (AvgIpc) is 2.32. The van der Waals surface area contributed by atoms with Crippen LogP contribution >= 0.6 is 0 Å². The zero-order valence-electron chi connectivity index (χ0n) is 9.39. The number of piperidine rings is 1. The molecule has 1 aliphatic heterocycles. The van der Waals surface area contributed by atoms with Gasteiger partial charge in [-0.3, -0.25) is 0 Å². The Morgan fingerprint density at radius 3 is 2.53 bits per heavy atom. The summed E-state index contributed by atoms with van der Waals surface area (Å²) in [6, 6.07) is 1.87. The number of hydrogen-bond donors (Lipinski definition) is 0. The second kappa shape index (κ2) is 5.10. The van der Waals surface area contributed by atoms with Gasteiger partial charge in [0.25, 0.3) is 0 Å². The van der Waals surface area contributed by atoms with Crippen LogP contribution in [0.4, 0.5) is 5.95 Å². The molecule has 1 aliphatic rings. The summed E-state index contributed by atoms with van der Waals surface area (Å²) in [5.74, 6) is 1.82. The van der Waals surface area contributed by atoms with Gasteiger partial charge in [-0.05, 0) is 24.8 Å². The van der Waals surface area contributed by atoms with E-state index in [0.717, 1.165) is 25.0 Å². The van der Waals surface area contributed by atoms with Crippen LogP contribution in [0.15, 0.2) is 18.5 Å². The first-order chi connectivity index (χ1) is 7.40. The molecule has 0 saturated carbocycles. The molecule has 82 valence electrons. The first kappa shape index (κ1) is 10.4. The molecule has 2 rings (SSSR count). The van der Waals surface area contributed by atoms with Gasteiger partial charge in [-0.1, -0.05) is 19.8 Å². The molecule has 0 unspecified atom stereocenters. The van der Waals surface area contributed by atoms with Gasteiger partial charge >= 0.3 is 0 Å². The van der Waals surface area contributed by atoms with Crippen molar-refractivity contribution in [3.05, 3.63) is 18.5 Å². The lowest BCUT2D eigenvalue weighted by molar-refractivity contribution is 0.376. The van der Waals surface area contributed by atoms with Gasteiger partial charge < -0.3 is 4.90 Å². The highest BCUT2D eigenvalue weighted by atomic mass is 15.2. The molecule has 0 bridgehead atoms. The van der Waals surface area contributed by atoms with Crippen molar-refractivity contribution in [2.75, 3.05) is 18.0 Å². The molecule has 3 heteroatoms. The number of rotatable bonds is 3. The monoisotopic (exact) mass is 205 g/mol. The van der Waals surface area contributed by atoms with Gasteiger partial charge in [0.1, 0.15) is 0 Å². The van der Waals surface area contributed by atoms with E-state index in [1.807, 2.05) is 18.5 Å². The highest BCUT2D eigenvalue weighted by molar-refractivity contribution is 5.28. The average molecular weight is 205 g/mol. The van der Waals surface area contributed by atoms with Gasteiger partial charge in [0.15, 0.2) is 0 Å². The molecule has 0 spiro atoms. The van der Waals surface area contributed by atoms with E-state index < -0.39 is 0 Å². The Hall–Kier alpha value is -1.12. The third kappa shape index (κ3) is 2.67. The van der Waals surface area contributed by atoms with Crippen molar-refractivity contribution in [3.8, 4) is 0 Å². The standard InChI is InChI=1S/C12H19N3/c1-2-4-11-5-9-15(10-6-11)12-13-7-3-8-14-12/h3,7-8,11H,2,4-6,9-10H2,1H3. The van der Waals surface area contributed by atoms with Crippen LogP contribution in [-0.4, -0.2) is 23.1 Å². The van der Waals surface area contributed by atoms with Crippen molar-refractivity contribution >= 4 is 5.95 Å². The van der Waals surface area contributed by atoms with Crippen LogP contribution in [0.3, 0.4) is 0 Å². The molecule has 1 fully saturated rings.